The Morgan fingerprint density at radius 2 is 0.467 bits per heavy atom. The van der Waals surface area contributed by atoms with Crippen LogP contribution >= 0.6 is 0 Å². The number of nitrogens with zero attached hydrogens (tertiary/aromatic N) is 8. The Morgan fingerprint density at radius 1 is 0.158 bits per heavy atom. The third-order valence-electron chi connectivity index (χ3n) is 24.4. The van der Waals surface area contributed by atoms with Crippen molar-refractivity contribution >= 4 is 141 Å². The summed E-state index contributed by atoms with van der Waals surface area (Å²) in [5.74, 6) is 1.39. The normalized spacial score (nSPS) is 11.8. The molecular weight excluding hydrogens is 1460 g/mol. The summed E-state index contributed by atoms with van der Waals surface area (Å²) < 4.78 is 9.75. The van der Waals surface area contributed by atoms with Crippen LogP contribution in [-0.2, 0) is 0 Å². The van der Waals surface area contributed by atoms with E-state index >= 15 is 0 Å². The highest BCUT2D eigenvalue weighted by Gasteiger charge is 2.25. The first-order valence-corrected chi connectivity index (χ1v) is 40.9. The van der Waals surface area contributed by atoms with Crippen LogP contribution in [0.3, 0.4) is 0 Å². The molecule has 6 heterocycles. The van der Waals surface area contributed by atoms with E-state index in [9.17, 15) is 0 Å². The van der Waals surface area contributed by atoms with Gasteiger partial charge in [-0.05, 0) is 163 Å². The molecule has 0 aliphatic heterocycles. The number of hydrogen-bond acceptors (Lipinski definition) is 4. The van der Waals surface area contributed by atoms with Gasteiger partial charge in [-0.3, -0.25) is 0 Å². The fourth-order valence-electron chi connectivity index (χ4n) is 18.9. The molecule has 0 N–H and O–H groups in total. The standard InChI is InChI=1S/C58H36N4.C54H34N4/c1-2-16-41-35-43(32-27-37(41)13-1)61-54-26-10-8-22-50(54)56-55(61)34-33-49-48-21-7-9-25-53(48)62(57(49)56)42-30-28-40(29-31-42)58-59-51(46-23-11-17-38-14-3-5-19-44(38)46)36-52(60-58)47-24-12-18-39-15-4-6-20-45(39)47;1-2-15-38(16-3-1)54-55-47(34-48(56-54)43-22-12-18-36-14-6-7-19-42(36)43)37-26-28-40(29-27-37)58-49-23-10-8-20-44(49)45-31-32-51-52(53(45)58)46-21-9-11-24-50(46)57(51)41-30-25-35-13-4-5-17-39(35)33-41/h1-36H;1-34H. The van der Waals surface area contributed by atoms with E-state index in [1.165, 1.54) is 136 Å². The van der Waals surface area contributed by atoms with Gasteiger partial charge in [0.05, 0.1) is 66.9 Å². The van der Waals surface area contributed by atoms with Gasteiger partial charge in [0.1, 0.15) is 0 Å². The van der Waals surface area contributed by atoms with E-state index < -0.39 is 0 Å². The van der Waals surface area contributed by atoms with Crippen molar-refractivity contribution in [3.63, 3.8) is 0 Å². The summed E-state index contributed by atoms with van der Waals surface area (Å²) in [6.45, 7) is 0. The lowest BCUT2D eigenvalue weighted by Crippen LogP contribution is -1.98. The third kappa shape index (κ3) is 11.1. The van der Waals surface area contributed by atoms with Crippen LogP contribution in [0.1, 0.15) is 0 Å². The first-order valence-electron chi connectivity index (χ1n) is 40.9. The Labute approximate surface area is 689 Å². The zero-order chi connectivity index (χ0) is 78.9. The van der Waals surface area contributed by atoms with Crippen LogP contribution in [0.25, 0.3) is 232 Å². The monoisotopic (exact) mass is 1530 g/mol. The summed E-state index contributed by atoms with van der Waals surface area (Å²) in [5.41, 5.74) is 23.7. The second-order valence-electron chi connectivity index (χ2n) is 31.1. The molecule has 0 aliphatic rings. The van der Waals surface area contributed by atoms with Gasteiger partial charge in [-0.2, -0.15) is 0 Å². The van der Waals surface area contributed by atoms with Crippen LogP contribution < -0.4 is 0 Å². The van der Waals surface area contributed by atoms with Crippen molar-refractivity contribution in [3.05, 3.63) is 425 Å². The second-order valence-corrected chi connectivity index (χ2v) is 31.1. The minimum absolute atomic E-state index is 0.688. The quantitative estimate of drug-likeness (QED) is 0.137. The molecule has 0 saturated carbocycles. The molecular formula is C112H70N8. The molecule has 0 amide bonds. The zero-order valence-corrected chi connectivity index (χ0v) is 65.0. The van der Waals surface area contributed by atoms with Crippen molar-refractivity contribution in [1.29, 1.82) is 0 Å². The smallest absolute Gasteiger partial charge is 0.160 e. The number of para-hydroxylation sites is 4. The summed E-state index contributed by atoms with van der Waals surface area (Å²) in [5, 5.41) is 21.8. The molecule has 25 rings (SSSR count). The maximum absolute atomic E-state index is 5.33. The SMILES string of the molecule is c1ccc(-c2nc(-c3ccc(-n4c5ccccc5c5ccc6c(c7ccccc7n6-c6ccc7ccccc7c6)c54)cc3)cc(-c3cccc4ccccc34)n2)cc1.c1ccc2cc(-n3c4ccccc4c4c3ccc3c5ccccc5n(-c5ccc(-c6nc(-c7cccc8ccccc78)cc(-c7cccc8ccccc78)n6)cc5)c34)ccc2c1. The van der Waals surface area contributed by atoms with Gasteiger partial charge in [-0.15, -0.1) is 0 Å². The lowest BCUT2D eigenvalue weighted by Gasteiger charge is -2.13. The van der Waals surface area contributed by atoms with Crippen molar-refractivity contribution in [2.24, 2.45) is 0 Å². The summed E-state index contributed by atoms with van der Waals surface area (Å²) in [4.78, 5) is 21.0. The molecule has 0 spiro atoms. The molecule has 0 atom stereocenters. The summed E-state index contributed by atoms with van der Waals surface area (Å²) >= 11 is 0. The second kappa shape index (κ2) is 27.8. The van der Waals surface area contributed by atoms with E-state index in [0.717, 1.165) is 84.4 Å². The average Bonchev–Trinajstić information content (AvgIpc) is 1.55. The minimum atomic E-state index is 0.688. The van der Waals surface area contributed by atoms with Gasteiger partial charge in [0.15, 0.2) is 11.6 Å². The van der Waals surface area contributed by atoms with Crippen molar-refractivity contribution in [3.8, 4) is 90.6 Å². The molecule has 19 aromatic carbocycles. The lowest BCUT2D eigenvalue weighted by atomic mass is 9.98. The summed E-state index contributed by atoms with van der Waals surface area (Å²) in [6, 6.07) is 152. The maximum Gasteiger partial charge on any atom is 0.160 e. The van der Waals surface area contributed by atoms with Crippen LogP contribution in [0.15, 0.2) is 425 Å². The van der Waals surface area contributed by atoms with Gasteiger partial charge < -0.3 is 18.3 Å². The van der Waals surface area contributed by atoms with Crippen LogP contribution in [0, 0.1) is 0 Å². The van der Waals surface area contributed by atoms with Gasteiger partial charge in [-0.1, -0.05) is 315 Å². The number of benzene rings is 19. The van der Waals surface area contributed by atoms with Crippen LogP contribution in [0.5, 0.6) is 0 Å². The molecule has 558 valence electrons. The first kappa shape index (κ1) is 68.3. The van der Waals surface area contributed by atoms with Crippen LogP contribution in [-0.4, -0.2) is 38.2 Å². The Balaban J connectivity index is 0.000000137. The number of fused-ring (bicyclic) bond motifs is 19. The molecule has 0 fully saturated rings. The highest BCUT2D eigenvalue weighted by Crippen LogP contribution is 2.47. The van der Waals surface area contributed by atoms with Gasteiger partial charge in [0.25, 0.3) is 0 Å². The van der Waals surface area contributed by atoms with Crippen molar-refractivity contribution in [2.75, 3.05) is 0 Å². The zero-order valence-electron chi connectivity index (χ0n) is 65.0. The van der Waals surface area contributed by atoms with Gasteiger partial charge in [0, 0.05) is 99.2 Å². The van der Waals surface area contributed by atoms with E-state index in [1.54, 1.807) is 0 Å². The van der Waals surface area contributed by atoms with Crippen molar-refractivity contribution in [1.82, 2.24) is 38.2 Å². The van der Waals surface area contributed by atoms with Gasteiger partial charge in [-0.25, -0.2) is 19.9 Å². The van der Waals surface area contributed by atoms with E-state index in [2.05, 4.69) is 425 Å². The number of rotatable bonds is 10. The number of aromatic nitrogens is 8. The molecule has 0 bridgehead atoms. The third-order valence-corrected chi connectivity index (χ3v) is 24.4. The molecule has 120 heavy (non-hydrogen) atoms. The fourth-order valence-corrected chi connectivity index (χ4v) is 18.9. The maximum atomic E-state index is 5.33. The van der Waals surface area contributed by atoms with E-state index in [0.29, 0.717) is 11.6 Å². The Hall–Kier alpha value is -16.2. The minimum Gasteiger partial charge on any atom is -0.309 e. The van der Waals surface area contributed by atoms with E-state index in [-0.39, 0.29) is 0 Å². The molecule has 0 saturated heterocycles. The van der Waals surface area contributed by atoms with E-state index in [1.807, 2.05) is 18.2 Å². The predicted octanol–water partition coefficient (Wildman–Crippen LogP) is 29.1. The van der Waals surface area contributed by atoms with Crippen LogP contribution in [0.2, 0.25) is 0 Å². The highest BCUT2D eigenvalue weighted by atomic mass is 15.0. The fraction of sp³-hybridized carbons (Fsp3) is 0. The van der Waals surface area contributed by atoms with Crippen molar-refractivity contribution in [2.45, 2.75) is 0 Å². The first-order chi connectivity index (χ1) is 59.5. The largest absolute Gasteiger partial charge is 0.309 e. The van der Waals surface area contributed by atoms with E-state index in [4.69, 9.17) is 19.9 Å². The molecule has 0 radical (unpaired) electrons. The Morgan fingerprint density at radius 3 is 0.892 bits per heavy atom. The molecule has 8 nitrogen and oxygen atoms in total. The average molecular weight is 1530 g/mol. The van der Waals surface area contributed by atoms with Gasteiger partial charge >= 0.3 is 0 Å². The Bertz CT molecular complexity index is 8360. The van der Waals surface area contributed by atoms with Crippen molar-refractivity contribution < 1.29 is 0 Å². The topological polar surface area (TPSA) is 71.3 Å². The summed E-state index contributed by atoms with van der Waals surface area (Å²) in [6.07, 6.45) is 0. The summed E-state index contributed by atoms with van der Waals surface area (Å²) in [7, 11) is 0. The lowest BCUT2D eigenvalue weighted by molar-refractivity contribution is 1.17. The number of hydrogen-bond donors (Lipinski definition) is 0. The highest BCUT2D eigenvalue weighted by molar-refractivity contribution is 6.28. The Kier molecular flexibility index (Phi) is 15.8. The molecule has 25 aromatic rings. The predicted molar refractivity (Wildman–Crippen MR) is 502 cm³/mol. The molecule has 8 heteroatoms. The van der Waals surface area contributed by atoms with Crippen LogP contribution in [0.4, 0.5) is 0 Å². The molecule has 0 aliphatic carbocycles. The molecule has 6 aromatic heterocycles. The van der Waals surface area contributed by atoms with Gasteiger partial charge in [0.2, 0.25) is 0 Å². The molecule has 0 unspecified atom stereocenters.